The van der Waals surface area contributed by atoms with Crippen LogP contribution in [-0.2, 0) is 36.7 Å². The lowest BCUT2D eigenvalue weighted by atomic mass is 9.99. The lowest BCUT2D eigenvalue weighted by Gasteiger charge is -2.13. The Morgan fingerprint density at radius 2 is 1.80 bits per heavy atom. The first-order chi connectivity index (χ1) is 19.0. The van der Waals surface area contributed by atoms with Gasteiger partial charge in [0.1, 0.15) is 11.5 Å². The van der Waals surface area contributed by atoms with E-state index in [1.54, 1.807) is 19.9 Å². The number of hydrogen-bond donors (Lipinski definition) is 2. The predicted molar refractivity (Wildman–Crippen MR) is 155 cm³/mol. The molecule has 0 aliphatic rings. The number of unbranched alkanes of at least 4 members (excludes halogenated alkanes) is 2. The third-order valence-electron chi connectivity index (χ3n) is 5.86. The molecule has 1 aromatic rings. The van der Waals surface area contributed by atoms with Crippen LogP contribution in [0.15, 0.2) is 47.6 Å². The Morgan fingerprint density at radius 3 is 2.35 bits per heavy atom. The average molecular weight is 582 g/mol. The molecular weight excluding hydrogens is 537 g/mol. The number of aryl methyl sites for hydroxylation is 2. The van der Waals surface area contributed by atoms with Gasteiger partial charge in [0.2, 0.25) is 0 Å². The number of halogens is 1. The smallest absolute Gasteiger partial charge is 0.410 e. The number of aliphatic hydroxyl groups is 1. The number of allylic oxidation sites excluding steroid dienone is 4. The quantitative estimate of drug-likeness (QED) is 0.0495. The van der Waals surface area contributed by atoms with Gasteiger partial charge in [-0.2, -0.15) is 4.39 Å². The van der Waals surface area contributed by atoms with Gasteiger partial charge >= 0.3 is 12.1 Å². The van der Waals surface area contributed by atoms with Crippen molar-refractivity contribution in [3.63, 3.8) is 0 Å². The monoisotopic (exact) mass is 581 g/mol. The van der Waals surface area contributed by atoms with Gasteiger partial charge in [-0.3, -0.25) is 19.7 Å². The zero-order chi connectivity index (χ0) is 30.5. The highest BCUT2D eigenvalue weighted by Gasteiger charge is 2.16. The molecule has 0 aliphatic heterocycles. The fraction of sp³-hybridized carbons (Fsp3) is 0.533. The highest BCUT2D eigenvalue weighted by atomic mass is 32.1. The predicted octanol–water partition coefficient (Wildman–Crippen LogP) is 7.30. The van der Waals surface area contributed by atoms with Gasteiger partial charge in [0.05, 0.1) is 7.11 Å². The van der Waals surface area contributed by atoms with Crippen LogP contribution in [0.1, 0.15) is 82.9 Å². The Morgan fingerprint density at radius 1 is 1.12 bits per heavy atom. The van der Waals surface area contributed by atoms with E-state index in [1.165, 1.54) is 36.1 Å². The SMILES string of the molecule is CCc1ccc(CCCCCC(=O)F)s1.COC(=O)N/C=C/CCC(C)/C(=C/C(O)=C(\C)C(=O)C(C)C)OC=O. The summed E-state index contributed by atoms with van der Waals surface area (Å²) in [5.74, 6) is -0.556. The first kappa shape index (κ1) is 36.7. The minimum absolute atomic E-state index is 0.0879. The van der Waals surface area contributed by atoms with Gasteiger partial charge in [0.25, 0.3) is 6.47 Å². The number of carbonyl (C=O) groups is 4. The zero-order valence-electron chi connectivity index (χ0n) is 24.5. The number of thiophene rings is 1. The van der Waals surface area contributed by atoms with E-state index in [9.17, 15) is 28.7 Å². The summed E-state index contributed by atoms with van der Waals surface area (Å²) in [7, 11) is 1.27. The molecule has 0 aliphatic carbocycles. The Bertz CT molecular complexity index is 1030. The molecule has 0 saturated carbocycles. The van der Waals surface area contributed by atoms with Crippen LogP contribution in [0.25, 0.3) is 0 Å². The molecular formula is C30H44FNO7S. The molecule has 1 atom stereocenters. The molecule has 1 amide bonds. The molecule has 1 rings (SSSR count). The van der Waals surface area contributed by atoms with E-state index in [4.69, 9.17) is 4.74 Å². The van der Waals surface area contributed by atoms with Crippen LogP contribution in [-0.4, -0.2) is 36.6 Å². The van der Waals surface area contributed by atoms with Crippen LogP contribution in [0.2, 0.25) is 0 Å². The van der Waals surface area contributed by atoms with Gasteiger partial charge in [0, 0.05) is 45.9 Å². The van der Waals surface area contributed by atoms with E-state index in [0.29, 0.717) is 19.3 Å². The molecule has 0 spiro atoms. The molecule has 1 heterocycles. The number of rotatable bonds is 17. The van der Waals surface area contributed by atoms with Gasteiger partial charge in [-0.05, 0) is 57.6 Å². The molecule has 0 radical (unpaired) electrons. The molecule has 10 heteroatoms. The van der Waals surface area contributed by atoms with Gasteiger partial charge in [-0.15, -0.1) is 11.3 Å². The standard InChI is InChI=1S/C18H27NO6.C12H17FOS/c1-12(2)17(22)14(4)15(21)10-16(25-11-20)13(3)8-6-7-9-19-18(23)24-5;1-2-10-8-9-11(15-10)6-4-3-5-7-12(13)14/h7,9-13,21H,6,8H2,1-5H3,(H,19,23);8-9H,2-7H2,1H3/b9-7+,15-14-,16-10-;. The van der Waals surface area contributed by atoms with Crippen LogP contribution in [0.3, 0.4) is 0 Å². The number of nitrogens with one attached hydrogen (secondary N) is 1. The summed E-state index contributed by atoms with van der Waals surface area (Å²) < 4.78 is 21.2. The van der Waals surface area contributed by atoms with E-state index in [2.05, 4.69) is 29.1 Å². The second-order valence-corrected chi connectivity index (χ2v) is 10.7. The van der Waals surface area contributed by atoms with Crippen LogP contribution >= 0.6 is 11.3 Å². The van der Waals surface area contributed by atoms with Crippen LogP contribution in [0.4, 0.5) is 9.18 Å². The zero-order valence-corrected chi connectivity index (χ0v) is 25.3. The molecule has 0 fully saturated rings. The van der Waals surface area contributed by atoms with Gasteiger partial charge < -0.3 is 14.6 Å². The second-order valence-electron chi connectivity index (χ2n) is 9.44. The van der Waals surface area contributed by atoms with Crippen LogP contribution in [0.5, 0.6) is 0 Å². The number of Topliss-reactive ketones (excluding diaryl/α,β-unsaturated/α-hetero) is 1. The third-order valence-corrected chi connectivity index (χ3v) is 7.15. The molecule has 224 valence electrons. The number of carbonyl (C=O) groups excluding carboxylic acids is 4. The molecule has 2 N–H and O–H groups in total. The van der Waals surface area contributed by atoms with Crippen molar-refractivity contribution >= 4 is 35.7 Å². The van der Waals surface area contributed by atoms with Crippen LogP contribution < -0.4 is 5.32 Å². The maximum absolute atomic E-state index is 11.9. The van der Waals surface area contributed by atoms with Crippen molar-refractivity contribution in [3.05, 3.63) is 57.3 Å². The molecule has 40 heavy (non-hydrogen) atoms. The Labute approximate surface area is 241 Å². The maximum atomic E-state index is 11.9. The van der Waals surface area contributed by atoms with E-state index in [-0.39, 0.29) is 47.6 Å². The highest BCUT2D eigenvalue weighted by Crippen LogP contribution is 2.21. The van der Waals surface area contributed by atoms with Gasteiger partial charge in [-0.25, -0.2) is 4.79 Å². The topological polar surface area (TPSA) is 119 Å². The van der Waals surface area contributed by atoms with Crippen molar-refractivity contribution in [2.24, 2.45) is 11.8 Å². The van der Waals surface area contributed by atoms with Crippen molar-refractivity contribution in [3.8, 4) is 0 Å². The van der Waals surface area contributed by atoms with Crippen molar-refractivity contribution in [1.82, 2.24) is 5.32 Å². The first-order valence-corrected chi connectivity index (χ1v) is 14.3. The lowest BCUT2D eigenvalue weighted by Crippen LogP contribution is -2.16. The molecule has 0 bridgehead atoms. The summed E-state index contributed by atoms with van der Waals surface area (Å²) in [4.78, 5) is 46.4. The average Bonchev–Trinajstić information content (AvgIpc) is 3.39. The third kappa shape index (κ3) is 16.6. The fourth-order valence-electron chi connectivity index (χ4n) is 3.39. The van der Waals surface area contributed by atoms with Crippen molar-refractivity contribution < 1.29 is 38.1 Å². The van der Waals surface area contributed by atoms with Crippen LogP contribution in [0, 0.1) is 11.8 Å². The number of hydrogen-bond acceptors (Lipinski definition) is 8. The minimum atomic E-state index is -1.18. The van der Waals surface area contributed by atoms with E-state index in [0.717, 1.165) is 25.7 Å². The number of aliphatic hydroxyl groups excluding tert-OH is 1. The lowest BCUT2D eigenvalue weighted by molar-refractivity contribution is -0.129. The molecule has 1 unspecified atom stereocenters. The summed E-state index contributed by atoms with van der Waals surface area (Å²) in [6, 6.07) is 3.16. The molecule has 0 aromatic carbocycles. The normalized spacial score (nSPS) is 12.8. The summed E-state index contributed by atoms with van der Waals surface area (Å²) in [5, 5.41) is 12.5. The van der Waals surface area contributed by atoms with Crippen molar-refractivity contribution in [1.29, 1.82) is 0 Å². The minimum Gasteiger partial charge on any atom is -0.507 e. The number of ketones is 1. The maximum Gasteiger partial charge on any atom is 0.410 e. The Kier molecular flexibility index (Phi) is 19.8. The number of methoxy groups -OCH3 is 1. The Hall–Kier alpha value is -3.27. The summed E-state index contributed by atoms with van der Waals surface area (Å²) in [5.41, 5.74) is 0.219. The number of alkyl carbamates (subject to hydrolysis) is 1. The Balaban J connectivity index is 0.000000858. The van der Waals surface area contributed by atoms with Crippen molar-refractivity contribution in [2.75, 3.05) is 7.11 Å². The second kappa shape index (κ2) is 21.5. The first-order valence-electron chi connectivity index (χ1n) is 13.5. The fourth-order valence-corrected chi connectivity index (χ4v) is 4.39. The van der Waals surface area contributed by atoms with Crippen molar-refractivity contribution in [2.45, 2.75) is 86.0 Å². The largest absolute Gasteiger partial charge is 0.507 e. The number of ether oxygens (including phenoxy) is 2. The molecule has 8 nitrogen and oxygen atoms in total. The van der Waals surface area contributed by atoms with Gasteiger partial charge in [0.15, 0.2) is 5.78 Å². The summed E-state index contributed by atoms with van der Waals surface area (Å²) >= 11 is 1.86. The summed E-state index contributed by atoms with van der Waals surface area (Å²) in [6.45, 7) is 9.26. The number of amides is 1. The molecule has 0 saturated heterocycles. The summed E-state index contributed by atoms with van der Waals surface area (Å²) in [6.07, 6.45) is 10.0. The van der Waals surface area contributed by atoms with Gasteiger partial charge in [-0.1, -0.05) is 40.2 Å². The highest BCUT2D eigenvalue weighted by molar-refractivity contribution is 7.11. The van der Waals surface area contributed by atoms with E-state index < -0.39 is 12.1 Å². The van der Waals surface area contributed by atoms with E-state index in [1.807, 2.05) is 18.3 Å². The molecule has 1 aromatic heterocycles. The van der Waals surface area contributed by atoms with E-state index >= 15 is 0 Å².